The van der Waals surface area contributed by atoms with E-state index in [0.29, 0.717) is 41.1 Å². The van der Waals surface area contributed by atoms with Gasteiger partial charge in [0.2, 0.25) is 16.9 Å². The van der Waals surface area contributed by atoms with Crippen LogP contribution >= 0.6 is 34.5 Å². The highest BCUT2D eigenvalue weighted by Gasteiger charge is 2.29. The van der Waals surface area contributed by atoms with E-state index in [2.05, 4.69) is 20.6 Å². The number of carbonyl (C=O) groups is 2. The molecule has 0 radical (unpaired) electrons. The predicted octanol–water partition coefficient (Wildman–Crippen LogP) is 4.07. The zero-order valence-electron chi connectivity index (χ0n) is 17.6. The highest BCUT2D eigenvalue weighted by atomic mass is 35.5. The number of aryl methyl sites for hydroxylation is 1. The number of amides is 2. The summed E-state index contributed by atoms with van der Waals surface area (Å²) in [6.45, 7) is 4.90. The van der Waals surface area contributed by atoms with Gasteiger partial charge in [-0.15, -0.1) is 10.2 Å². The minimum atomic E-state index is -0.138. The number of piperidine rings is 1. The Kier molecular flexibility index (Phi) is 6.78. The number of hydrogen-bond donors (Lipinski definition) is 1. The number of nitrogens with zero attached hydrogens (tertiary/aromatic N) is 5. The van der Waals surface area contributed by atoms with Gasteiger partial charge in [-0.25, -0.2) is 4.68 Å². The van der Waals surface area contributed by atoms with Crippen molar-refractivity contribution in [2.75, 3.05) is 18.4 Å². The molecule has 2 amide bonds. The summed E-state index contributed by atoms with van der Waals surface area (Å²) in [6.07, 6.45) is 1.49. The highest BCUT2D eigenvalue weighted by molar-refractivity contribution is 7.13. The van der Waals surface area contributed by atoms with E-state index in [9.17, 15) is 9.59 Å². The molecule has 1 aliphatic rings. The van der Waals surface area contributed by atoms with Crippen molar-refractivity contribution in [2.45, 2.75) is 33.1 Å². The molecule has 0 saturated carbocycles. The first-order valence-corrected chi connectivity index (χ1v) is 11.8. The lowest BCUT2D eigenvalue weighted by molar-refractivity contribution is -0.133. The van der Waals surface area contributed by atoms with E-state index < -0.39 is 0 Å². The van der Waals surface area contributed by atoms with Crippen molar-refractivity contribution in [1.29, 1.82) is 0 Å². The number of likely N-dealkylation sites (tertiary alicyclic amines) is 1. The molecular formula is C21H22Cl2N6O2S. The second-order valence-corrected chi connectivity index (χ2v) is 9.40. The first-order valence-electron chi connectivity index (χ1n) is 10.2. The quantitative estimate of drug-likeness (QED) is 0.579. The lowest BCUT2D eigenvalue weighted by Crippen LogP contribution is -2.42. The largest absolute Gasteiger partial charge is 0.342 e. The fraction of sp³-hybridized carbons (Fsp3) is 0.381. The van der Waals surface area contributed by atoms with Crippen LogP contribution < -0.4 is 5.32 Å². The van der Waals surface area contributed by atoms with Gasteiger partial charge in [0, 0.05) is 35.3 Å². The SMILES string of the molecule is Cc1nn(-c2ccc(Cl)cc2Cl)c(C)c1CC(=O)N1CCC(C(=O)Nc2nncs2)CC1. The van der Waals surface area contributed by atoms with Gasteiger partial charge in [-0.3, -0.25) is 9.59 Å². The summed E-state index contributed by atoms with van der Waals surface area (Å²) < 4.78 is 1.75. The van der Waals surface area contributed by atoms with Crippen LogP contribution in [0, 0.1) is 19.8 Å². The summed E-state index contributed by atoms with van der Waals surface area (Å²) in [5.74, 6) is -0.177. The molecule has 1 aromatic carbocycles. The van der Waals surface area contributed by atoms with Gasteiger partial charge < -0.3 is 10.2 Å². The number of nitrogens with one attached hydrogen (secondary N) is 1. The van der Waals surface area contributed by atoms with Crippen LogP contribution in [0.5, 0.6) is 0 Å². The second kappa shape index (κ2) is 9.56. The number of aromatic nitrogens is 4. The van der Waals surface area contributed by atoms with Gasteiger partial charge in [-0.05, 0) is 44.9 Å². The van der Waals surface area contributed by atoms with E-state index in [4.69, 9.17) is 23.2 Å². The molecule has 4 rings (SSSR count). The van der Waals surface area contributed by atoms with Gasteiger partial charge in [0.1, 0.15) is 5.51 Å². The molecule has 8 nitrogen and oxygen atoms in total. The Hall–Kier alpha value is -2.49. The first-order chi connectivity index (χ1) is 15.3. The van der Waals surface area contributed by atoms with Crippen molar-refractivity contribution in [3.63, 3.8) is 0 Å². The van der Waals surface area contributed by atoms with Gasteiger partial charge in [-0.1, -0.05) is 34.5 Å². The van der Waals surface area contributed by atoms with Gasteiger partial charge >= 0.3 is 0 Å². The van der Waals surface area contributed by atoms with Crippen LogP contribution in [-0.4, -0.2) is 49.8 Å². The van der Waals surface area contributed by atoms with E-state index in [0.717, 1.165) is 22.6 Å². The zero-order valence-corrected chi connectivity index (χ0v) is 20.0. The van der Waals surface area contributed by atoms with Crippen LogP contribution in [0.1, 0.15) is 29.8 Å². The topological polar surface area (TPSA) is 93.0 Å². The highest BCUT2D eigenvalue weighted by Crippen LogP contribution is 2.28. The first kappa shape index (κ1) is 22.7. The van der Waals surface area contributed by atoms with Crippen molar-refractivity contribution in [2.24, 2.45) is 5.92 Å². The van der Waals surface area contributed by atoms with Crippen LogP contribution in [0.25, 0.3) is 5.69 Å². The maximum Gasteiger partial charge on any atom is 0.229 e. The van der Waals surface area contributed by atoms with E-state index >= 15 is 0 Å². The number of anilines is 1. The Morgan fingerprint density at radius 3 is 2.62 bits per heavy atom. The van der Waals surface area contributed by atoms with Gasteiger partial charge in [-0.2, -0.15) is 5.10 Å². The van der Waals surface area contributed by atoms with Crippen LogP contribution in [0.2, 0.25) is 10.0 Å². The number of halogens is 2. The van der Waals surface area contributed by atoms with Crippen LogP contribution in [-0.2, 0) is 16.0 Å². The van der Waals surface area contributed by atoms with Gasteiger partial charge in [0.15, 0.2) is 0 Å². The summed E-state index contributed by atoms with van der Waals surface area (Å²) in [7, 11) is 0. The fourth-order valence-electron chi connectivity index (χ4n) is 3.91. The van der Waals surface area contributed by atoms with Crippen LogP contribution in [0.15, 0.2) is 23.7 Å². The summed E-state index contributed by atoms with van der Waals surface area (Å²) in [5, 5.41) is 16.5. The Morgan fingerprint density at radius 2 is 1.97 bits per heavy atom. The summed E-state index contributed by atoms with van der Waals surface area (Å²) >= 11 is 13.6. The number of benzene rings is 1. The van der Waals surface area contributed by atoms with Gasteiger partial charge in [0.25, 0.3) is 0 Å². The summed E-state index contributed by atoms with van der Waals surface area (Å²) in [6, 6.07) is 5.24. The van der Waals surface area contributed by atoms with Crippen molar-refractivity contribution in [3.05, 3.63) is 50.7 Å². The molecule has 0 aliphatic carbocycles. The summed E-state index contributed by atoms with van der Waals surface area (Å²) in [4.78, 5) is 27.2. The Labute approximate surface area is 199 Å². The van der Waals surface area contributed by atoms with Crippen molar-refractivity contribution in [3.8, 4) is 5.69 Å². The third kappa shape index (κ3) is 4.79. The molecule has 0 unspecified atom stereocenters. The smallest absolute Gasteiger partial charge is 0.229 e. The van der Waals surface area contributed by atoms with E-state index in [1.165, 1.54) is 11.3 Å². The molecule has 2 aromatic heterocycles. The number of hydrogen-bond acceptors (Lipinski definition) is 6. The van der Waals surface area contributed by atoms with Crippen LogP contribution in [0.3, 0.4) is 0 Å². The van der Waals surface area contributed by atoms with Crippen molar-refractivity contribution < 1.29 is 9.59 Å². The fourth-order valence-corrected chi connectivity index (χ4v) is 4.84. The monoisotopic (exact) mass is 492 g/mol. The predicted molar refractivity (Wildman–Crippen MR) is 125 cm³/mol. The van der Waals surface area contributed by atoms with E-state index in [1.807, 2.05) is 24.8 Å². The maximum absolute atomic E-state index is 13.0. The normalized spacial score (nSPS) is 14.6. The Balaban J connectivity index is 1.39. The minimum absolute atomic E-state index is 0.0286. The van der Waals surface area contributed by atoms with E-state index in [1.54, 1.807) is 22.3 Å². The molecule has 1 fully saturated rings. The summed E-state index contributed by atoms with van der Waals surface area (Å²) in [5.41, 5.74) is 4.83. The molecule has 1 N–H and O–H groups in total. The Morgan fingerprint density at radius 1 is 1.22 bits per heavy atom. The molecule has 0 atom stereocenters. The van der Waals surface area contributed by atoms with Crippen molar-refractivity contribution in [1.82, 2.24) is 24.9 Å². The molecule has 1 aliphatic heterocycles. The average molecular weight is 493 g/mol. The lowest BCUT2D eigenvalue weighted by atomic mass is 9.95. The molecule has 168 valence electrons. The minimum Gasteiger partial charge on any atom is -0.342 e. The molecule has 3 heterocycles. The van der Waals surface area contributed by atoms with Gasteiger partial charge in [0.05, 0.1) is 22.8 Å². The zero-order chi connectivity index (χ0) is 22.8. The molecule has 3 aromatic rings. The maximum atomic E-state index is 13.0. The standard InChI is InChI=1S/C21H22Cl2N6O2S/c1-12-16(13(2)29(27-12)18-4-3-15(22)9-17(18)23)10-19(30)28-7-5-14(6-8-28)20(31)25-21-26-24-11-32-21/h3-4,9,11,14H,5-8,10H2,1-2H3,(H,25,26,31). The third-order valence-electron chi connectivity index (χ3n) is 5.72. The average Bonchev–Trinajstić information content (AvgIpc) is 3.37. The molecular weight excluding hydrogens is 471 g/mol. The molecule has 11 heteroatoms. The number of carbonyl (C=O) groups excluding carboxylic acids is 2. The molecule has 0 bridgehead atoms. The molecule has 0 spiro atoms. The number of rotatable bonds is 5. The van der Waals surface area contributed by atoms with Crippen LogP contribution in [0.4, 0.5) is 5.13 Å². The molecule has 1 saturated heterocycles. The second-order valence-electron chi connectivity index (χ2n) is 7.72. The third-order valence-corrected chi connectivity index (χ3v) is 6.86. The lowest BCUT2D eigenvalue weighted by Gasteiger charge is -2.31. The molecule has 32 heavy (non-hydrogen) atoms. The van der Waals surface area contributed by atoms with E-state index in [-0.39, 0.29) is 24.2 Å². The van der Waals surface area contributed by atoms with Crippen molar-refractivity contribution >= 4 is 51.5 Å². The Bertz CT molecular complexity index is 1140.